The van der Waals surface area contributed by atoms with E-state index in [0.717, 1.165) is 32.6 Å². The molecule has 1 atom stereocenters. The fourth-order valence-corrected chi connectivity index (χ4v) is 3.81. The van der Waals surface area contributed by atoms with Crippen LogP contribution in [0.5, 0.6) is 0 Å². The fraction of sp³-hybridized carbons (Fsp3) is 0.625. The van der Waals surface area contributed by atoms with Crippen molar-refractivity contribution in [3.05, 3.63) is 22.9 Å². The van der Waals surface area contributed by atoms with Crippen molar-refractivity contribution >= 4 is 16.9 Å². The minimum atomic E-state index is -0.210. The molecule has 0 aromatic carbocycles. The molecule has 2 aliphatic heterocycles. The van der Waals surface area contributed by atoms with Crippen LogP contribution in [0.25, 0.3) is 11.0 Å². The van der Waals surface area contributed by atoms with Gasteiger partial charge < -0.3 is 4.90 Å². The number of hydrogen-bond acceptors (Lipinski definition) is 5. The molecule has 0 N–H and O–H groups in total. The summed E-state index contributed by atoms with van der Waals surface area (Å²) in [6.45, 7) is 3.64. The highest BCUT2D eigenvalue weighted by molar-refractivity contribution is 5.77. The third kappa shape index (κ3) is 2.60. The molecule has 8 nitrogen and oxygen atoms in total. The smallest absolute Gasteiger partial charge is 0.264 e. The van der Waals surface area contributed by atoms with Crippen molar-refractivity contribution in [2.75, 3.05) is 26.2 Å². The second kappa shape index (κ2) is 6.01. The first kappa shape index (κ1) is 15.3. The van der Waals surface area contributed by atoms with Gasteiger partial charge in [0.15, 0.2) is 5.65 Å². The van der Waals surface area contributed by atoms with Crippen LogP contribution >= 0.6 is 0 Å². The standard InChI is InChI=1S/C16H22N6O2/c1-19-15-13(8-18-19)16(24)22(11-17-15)10-14(23)21-7-6-20-5-3-2-4-12(20)9-21/h8,11-12H,2-7,9-10H2,1H3. The molecule has 2 aromatic heterocycles. The average molecular weight is 330 g/mol. The number of carbonyl (C=O) groups excluding carboxylic acids is 1. The van der Waals surface area contributed by atoms with Crippen LogP contribution in [0.3, 0.4) is 0 Å². The van der Waals surface area contributed by atoms with E-state index in [2.05, 4.69) is 15.0 Å². The van der Waals surface area contributed by atoms with Crippen LogP contribution in [0.4, 0.5) is 0 Å². The maximum absolute atomic E-state index is 12.6. The lowest BCUT2D eigenvalue weighted by Gasteiger charge is -2.44. The van der Waals surface area contributed by atoms with Crippen LogP contribution in [0.2, 0.25) is 0 Å². The summed E-state index contributed by atoms with van der Waals surface area (Å²) in [5, 5.41) is 4.50. The summed E-state index contributed by atoms with van der Waals surface area (Å²) in [5.74, 6) is -0.00707. The summed E-state index contributed by atoms with van der Waals surface area (Å²) in [5.41, 5.74) is 0.331. The van der Waals surface area contributed by atoms with E-state index in [1.807, 2.05) is 4.90 Å². The lowest BCUT2D eigenvalue weighted by atomic mass is 9.99. The van der Waals surface area contributed by atoms with Gasteiger partial charge in [-0.15, -0.1) is 0 Å². The quantitative estimate of drug-likeness (QED) is 0.764. The van der Waals surface area contributed by atoms with E-state index in [1.54, 1.807) is 11.7 Å². The Morgan fingerprint density at radius 1 is 1.29 bits per heavy atom. The first-order valence-electron chi connectivity index (χ1n) is 8.52. The van der Waals surface area contributed by atoms with Crippen LogP contribution in [0, 0.1) is 0 Å². The predicted molar refractivity (Wildman–Crippen MR) is 88.6 cm³/mol. The highest BCUT2D eigenvalue weighted by Gasteiger charge is 2.31. The number of aryl methyl sites for hydroxylation is 1. The van der Waals surface area contributed by atoms with E-state index in [0.29, 0.717) is 17.1 Å². The fourth-order valence-electron chi connectivity index (χ4n) is 3.81. The molecule has 4 heterocycles. The van der Waals surface area contributed by atoms with Crippen LogP contribution in [0.1, 0.15) is 19.3 Å². The second-order valence-corrected chi connectivity index (χ2v) is 6.71. The van der Waals surface area contributed by atoms with E-state index in [9.17, 15) is 9.59 Å². The average Bonchev–Trinajstić information content (AvgIpc) is 2.98. The molecule has 128 valence electrons. The molecule has 2 aliphatic rings. The van der Waals surface area contributed by atoms with Crippen molar-refractivity contribution in [1.82, 2.24) is 29.1 Å². The highest BCUT2D eigenvalue weighted by atomic mass is 16.2. The third-order valence-electron chi connectivity index (χ3n) is 5.21. The van der Waals surface area contributed by atoms with Gasteiger partial charge >= 0.3 is 0 Å². The van der Waals surface area contributed by atoms with E-state index in [1.165, 1.54) is 29.9 Å². The molecule has 2 fully saturated rings. The van der Waals surface area contributed by atoms with Gasteiger partial charge in [0.1, 0.15) is 18.3 Å². The van der Waals surface area contributed by atoms with Gasteiger partial charge in [0.25, 0.3) is 5.56 Å². The number of piperazine rings is 1. The molecule has 2 aromatic rings. The number of fused-ring (bicyclic) bond motifs is 2. The van der Waals surface area contributed by atoms with Gasteiger partial charge in [-0.05, 0) is 19.4 Å². The molecule has 0 bridgehead atoms. The molecular formula is C16H22N6O2. The highest BCUT2D eigenvalue weighted by Crippen LogP contribution is 2.21. The lowest BCUT2D eigenvalue weighted by Crippen LogP contribution is -2.56. The van der Waals surface area contributed by atoms with E-state index in [4.69, 9.17) is 0 Å². The third-order valence-corrected chi connectivity index (χ3v) is 5.21. The summed E-state index contributed by atoms with van der Waals surface area (Å²) in [6.07, 6.45) is 6.61. The number of carbonyl (C=O) groups is 1. The predicted octanol–water partition coefficient (Wildman–Crippen LogP) is -0.173. The summed E-state index contributed by atoms with van der Waals surface area (Å²) in [7, 11) is 1.74. The molecular weight excluding hydrogens is 308 g/mol. The van der Waals surface area contributed by atoms with Crippen molar-refractivity contribution < 1.29 is 4.79 Å². The minimum Gasteiger partial charge on any atom is -0.338 e. The Hall–Kier alpha value is -2.22. The summed E-state index contributed by atoms with van der Waals surface area (Å²) >= 11 is 0. The Bertz CT molecular complexity index is 826. The number of hydrogen-bond donors (Lipinski definition) is 0. The van der Waals surface area contributed by atoms with Crippen molar-refractivity contribution in [1.29, 1.82) is 0 Å². The van der Waals surface area contributed by atoms with E-state index < -0.39 is 0 Å². The van der Waals surface area contributed by atoms with Crippen molar-refractivity contribution in [3.8, 4) is 0 Å². The van der Waals surface area contributed by atoms with Crippen LogP contribution in [-0.4, -0.2) is 67.3 Å². The Kier molecular flexibility index (Phi) is 3.84. The maximum Gasteiger partial charge on any atom is 0.264 e. The van der Waals surface area contributed by atoms with Gasteiger partial charge in [0.05, 0.1) is 6.20 Å². The number of rotatable bonds is 2. The number of amides is 1. The van der Waals surface area contributed by atoms with E-state index >= 15 is 0 Å². The second-order valence-electron chi connectivity index (χ2n) is 6.71. The summed E-state index contributed by atoms with van der Waals surface area (Å²) in [4.78, 5) is 33.7. The topological polar surface area (TPSA) is 76.3 Å². The normalized spacial score (nSPS) is 21.9. The Morgan fingerprint density at radius 3 is 3.04 bits per heavy atom. The van der Waals surface area contributed by atoms with Gasteiger partial charge in [-0.25, -0.2) is 4.98 Å². The summed E-state index contributed by atoms with van der Waals surface area (Å²) in [6, 6.07) is 0.479. The molecule has 0 aliphatic carbocycles. The van der Waals surface area contributed by atoms with E-state index in [-0.39, 0.29) is 18.0 Å². The Morgan fingerprint density at radius 2 is 2.17 bits per heavy atom. The number of piperidine rings is 1. The zero-order chi connectivity index (χ0) is 16.7. The lowest BCUT2D eigenvalue weighted by molar-refractivity contribution is -0.135. The van der Waals surface area contributed by atoms with Crippen molar-refractivity contribution in [3.63, 3.8) is 0 Å². The van der Waals surface area contributed by atoms with Gasteiger partial charge in [-0.1, -0.05) is 6.42 Å². The Labute approximate surface area is 139 Å². The molecule has 2 saturated heterocycles. The molecule has 0 radical (unpaired) electrons. The molecule has 4 rings (SSSR count). The molecule has 8 heteroatoms. The van der Waals surface area contributed by atoms with Gasteiger partial charge in [-0.3, -0.25) is 23.7 Å². The van der Waals surface area contributed by atoms with Crippen molar-refractivity contribution in [2.45, 2.75) is 31.8 Å². The monoisotopic (exact) mass is 330 g/mol. The number of aromatic nitrogens is 4. The Balaban J connectivity index is 1.50. The first-order valence-corrected chi connectivity index (χ1v) is 8.52. The van der Waals surface area contributed by atoms with Gasteiger partial charge in [0.2, 0.25) is 5.91 Å². The largest absolute Gasteiger partial charge is 0.338 e. The summed E-state index contributed by atoms with van der Waals surface area (Å²) < 4.78 is 2.95. The van der Waals surface area contributed by atoms with Gasteiger partial charge in [0, 0.05) is 32.7 Å². The molecule has 1 amide bonds. The van der Waals surface area contributed by atoms with Crippen LogP contribution < -0.4 is 5.56 Å². The molecule has 0 spiro atoms. The van der Waals surface area contributed by atoms with Crippen LogP contribution in [0.15, 0.2) is 17.3 Å². The first-order chi connectivity index (χ1) is 11.6. The zero-order valence-corrected chi connectivity index (χ0v) is 13.9. The molecule has 24 heavy (non-hydrogen) atoms. The molecule has 1 unspecified atom stereocenters. The SMILES string of the molecule is Cn1ncc2c(=O)n(CC(=O)N3CCN4CCCCC4C3)cnc21. The van der Waals surface area contributed by atoms with Gasteiger partial charge in [-0.2, -0.15) is 5.10 Å². The zero-order valence-electron chi connectivity index (χ0n) is 13.9. The number of nitrogens with zero attached hydrogens (tertiary/aromatic N) is 6. The maximum atomic E-state index is 12.6. The van der Waals surface area contributed by atoms with Crippen LogP contribution in [-0.2, 0) is 18.4 Å². The van der Waals surface area contributed by atoms with Crippen molar-refractivity contribution in [2.24, 2.45) is 7.05 Å². The minimum absolute atomic E-state index is 0.00707. The molecule has 0 saturated carbocycles.